The smallest absolute Gasteiger partial charge is 0.305 e. The van der Waals surface area contributed by atoms with E-state index in [2.05, 4.69) is 10.3 Å². The van der Waals surface area contributed by atoms with Gasteiger partial charge in [0.15, 0.2) is 4.21 Å². The fourth-order valence-corrected chi connectivity index (χ4v) is 4.91. The Kier molecular flexibility index (Phi) is 4.41. The van der Waals surface area contributed by atoms with Crippen LogP contribution >= 0.6 is 11.3 Å². The largest absolute Gasteiger partial charge is 0.374 e. The highest BCUT2D eigenvalue weighted by Gasteiger charge is 2.33. The van der Waals surface area contributed by atoms with E-state index < -0.39 is 10.0 Å². The molecule has 1 saturated heterocycles. The molecule has 0 aliphatic carbocycles. The molecule has 1 aliphatic heterocycles. The predicted molar refractivity (Wildman–Crippen MR) is 72.1 cm³/mol. The Morgan fingerprint density at radius 2 is 2.32 bits per heavy atom. The van der Waals surface area contributed by atoms with Crippen molar-refractivity contribution >= 4 is 21.4 Å². The van der Waals surface area contributed by atoms with E-state index in [1.807, 2.05) is 0 Å². The molecule has 0 radical (unpaired) electrons. The third-order valence-electron chi connectivity index (χ3n) is 2.89. The zero-order valence-electron chi connectivity index (χ0n) is 10.8. The van der Waals surface area contributed by atoms with Crippen LogP contribution in [0.1, 0.15) is 5.69 Å². The van der Waals surface area contributed by atoms with Crippen LogP contribution in [0.2, 0.25) is 0 Å². The number of rotatable bonds is 4. The van der Waals surface area contributed by atoms with Crippen LogP contribution < -0.4 is 10.2 Å². The fraction of sp³-hybridized carbons (Fsp3) is 0.700. The molecule has 2 rings (SSSR count). The van der Waals surface area contributed by atoms with Gasteiger partial charge in [0, 0.05) is 25.3 Å². The van der Waals surface area contributed by atoms with Crippen molar-refractivity contribution in [2.75, 3.05) is 33.3 Å². The number of nitrogens with one attached hydrogen (secondary N) is 2. The molecule has 0 spiro atoms. The molecule has 0 saturated carbocycles. The predicted octanol–water partition coefficient (Wildman–Crippen LogP) is -0.646. The summed E-state index contributed by atoms with van der Waals surface area (Å²) < 4.78 is 31.9. The molecule has 108 valence electrons. The molecule has 1 fully saturated rings. The van der Waals surface area contributed by atoms with Crippen LogP contribution in [0.4, 0.5) is 0 Å². The van der Waals surface area contributed by atoms with Crippen LogP contribution in [0.15, 0.2) is 9.00 Å². The normalized spacial score (nSPS) is 21.7. The van der Waals surface area contributed by atoms with Crippen molar-refractivity contribution in [1.82, 2.24) is 14.6 Å². The second kappa shape index (κ2) is 5.71. The first kappa shape index (κ1) is 14.7. The summed E-state index contributed by atoms with van der Waals surface area (Å²) >= 11 is 0.732. The third-order valence-corrected chi connectivity index (χ3v) is 6.34. The number of sulfonamides is 1. The van der Waals surface area contributed by atoms with Gasteiger partial charge in [-0.05, 0) is 14.0 Å². The topological polar surface area (TPSA) is 91.5 Å². The highest BCUT2D eigenvalue weighted by Crippen LogP contribution is 2.22. The summed E-state index contributed by atoms with van der Waals surface area (Å²) in [5, 5.41) is 2.96. The molecule has 1 aliphatic rings. The van der Waals surface area contributed by atoms with Gasteiger partial charge in [-0.3, -0.25) is 4.79 Å². The molecule has 0 aromatic carbocycles. The van der Waals surface area contributed by atoms with Crippen molar-refractivity contribution in [1.29, 1.82) is 0 Å². The minimum Gasteiger partial charge on any atom is -0.374 e. The van der Waals surface area contributed by atoms with Gasteiger partial charge in [-0.25, -0.2) is 8.42 Å². The lowest BCUT2D eigenvalue weighted by molar-refractivity contribution is 0.000866. The summed E-state index contributed by atoms with van der Waals surface area (Å²) in [4.78, 5) is 13.4. The van der Waals surface area contributed by atoms with E-state index in [-0.39, 0.29) is 15.2 Å². The number of H-pyrrole nitrogens is 1. The summed E-state index contributed by atoms with van der Waals surface area (Å²) in [5.41, 5.74) is 0.395. The molecular weight excluding hydrogens is 290 g/mol. The number of hydrogen-bond donors (Lipinski definition) is 2. The van der Waals surface area contributed by atoms with E-state index in [0.717, 1.165) is 11.3 Å². The molecule has 1 aromatic heterocycles. The summed E-state index contributed by atoms with van der Waals surface area (Å²) in [5.74, 6) is 0. The van der Waals surface area contributed by atoms with Crippen LogP contribution in [0.3, 0.4) is 0 Å². The Balaban J connectivity index is 2.24. The second-order valence-electron chi connectivity index (χ2n) is 4.34. The van der Waals surface area contributed by atoms with E-state index in [4.69, 9.17) is 4.74 Å². The Bertz CT molecular complexity index is 590. The third kappa shape index (κ3) is 3.06. The minimum atomic E-state index is -3.61. The van der Waals surface area contributed by atoms with Crippen LogP contribution in [0.5, 0.6) is 0 Å². The van der Waals surface area contributed by atoms with Crippen molar-refractivity contribution in [2.45, 2.75) is 17.2 Å². The van der Waals surface area contributed by atoms with Crippen molar-refractivity contribution in [3.8, 4) is 0 Å². The number of ether oxygens (including phenoxy) is 1. The Labute approximate surface area is 115 Å². The van der Waals surface area contributed by atoms with Gasteiger partial charge in [-0.1, -0.05) is 11.3 Å². The van der Waals surface area contributed by atoms with E-state index in [0.29, 0.717) is 31.9 Å². The van der Waals surface area contributed by atoms with E-state index >= 15 is 0 Å². The lowest BCUT2D eigenvalue weighted by Crippen LogP contribution is -2.48. The maximum Gasteiger partial charge on any atom is 0.305 e. The van der Waals surface area contributed by atoms with Crippen LogP contribution in [-0.4, -0.2) is 57.1 Å². The molecule has 2 heterocycles. The quantitative estimate of drug-likeness (QED) is 0.771. The van der Waals surface area contributed by atoms with E-state index in [9.17, 15) is 13.2 Å². The molecule has 1 atom stereocenters. The standard InChI is InChI=1S/C10H17N3O4S2/c1-7-9(18-10(14)12-7)19(15,16)13-3-4-17-8(6-13)5-11-2/h8,11H,3-6H2,1-2H3,(H,12,14). The molecule has 1 unspecified atom stereocenters. The van der Waals surface area contributed by atoms with E-state index in [1.165, 1.54) is 4.31 Å². The summed E-state index contributed by atoms with van der Waals surface area (Å²) in [6.07, 6.45) is -0.163. The molecule has 19 heavy (non-hydrogen) atoms. The molecule has 1 aromatic rings. The van der Waals surface area contributed by atoms with Gasteiger partial charge >= 0.3 is 4.87 Å². The maximum atomic E-state index is 12.5. The lowest BCUT2D eigenvalue weighted by Gasteiger charge is -2.31. The summed E-state index contributed by atoms with van der Waals surface area (Å²) in [7, 11) is -1.82. The first-order valence-electron chi connectivity index (χ1n) is 5.91. The molecule has 0 amide bonds. The van der Waals surface area contributed by atoms with Crippen molar-refractivity contribution < 1.29 is 13.2 Å². The average molecular weight is 307 g/mol. The van der Waals surface area contributed by atoms with Crippen molar-refractivity contribution in [3.05, 3.63) is 15.4 Å². The first-order chi connectivity index (χ1) is 8.95. The number of morpholine rings is 1. The van der Waals surface area contributed by atoms with Gasteiger partial charge in [0.2, 0.25) is 0 Å². The lowest BCUT2D eigenvalue weighted by atomic mass is 10.3. The Morgan fingerprint density at radius 1 is 1.58 bits per heavy atom. The SMILES string of the molecule is CNCC1CN(S(=O)(=O)c2sc(=O)[nH]c2C)CCO1. The van der Waals surface area contributed by atoms with Crippen LogP contribution in [-0.2, 0) is 14.8 Å². The summed E-state index contributed by atoms with van der Waals surface area (Å²) in [6, 6.07) is 0. The number of nitrogens with zero attached hydrogens (tertiary/aromatic N) is 1. The van der Waals surface area contributed by atoms with Crippen molar-refractivity contribution in [2.24, 2.45) is 0 Å². The number of thiazole rings is 1. The molecule has 0 bridgehead atoms. The van der Waals surface area contributed by atoms with Gasteiger partial charge in [-0.15, -0.1) is 0 Å². The molecule has 2 N–H and O–H groups in total. The number of hydrogen-bond acceptors (Lipinski definition) is 6. The van der Waals surface area contributed by atoms with Gasteiger partial charge in [0.05, 0.1) is 12.7 Å². The number of aromatic nitrogens is 1. The highest BCUT2D eigenvalue weighted by molar-refractivity contribution is 7.91. The van der Waals surface area contributed by atoms with E-state index in [1.54, 1.807) is 14.0 Å². The van der Waals surface area contributed by atoms with Gasteiger partial charge in [-0.2, -0.15) is 4.31 Å². The van der Waals surface area contributed by atoms with Crippen LogP contribution in [0.25, 0.3) is 0 Å². The fourth-order valence-electron chi connectivity index (χ4n) is 2.02. The van der Waals surface area contributed by atoms with Gasteiger partial charge in [0.1, 0.15) is 0 Å². The zero-order chi connectivity index (χ0) is 14.0. The summed E-state index contributed by atoms with van der Waals surface area (Å²) in [6.45, 7) is 3.16. The van der Waals surface area contributed by atoms with Crippen molar-refractivity contribution in [3.63, 3.8) is 0 Å². The monoisotopic (exact) mass is 307 g/mol. The Morgan fingerprint density at radius 3 is 2.89 bits per heavy atom. The number of aromatic amines is 1. The first-order valence-corrected chi connectivity index (χ1v) is 8.17. The molecule has 7 nitrogen and oxygen atoms in total. The molecule has 9 heteroatoms. The minimum absolute atomic E-state index is 0.0996. The maximum absolute atomic E-state index is 12.5. The highest BCUT2D eigenvalue weighted by atomic mass is 32.2. The van der Waals surface area contributed by atoms with Gasteiger partial charge in [0.25, 0.3) is 10.0 Å². The van der Waals surface area contributed by atoms with Crippen LogP contribution in [0, 0.1) is 6.92 Å². The zero-order valence-corrected chi connectivity index (χ0v) is 12.4. The van der Waals surface area contributed by atoms with Gasteiger partial charge < -0.3 is 15.0 Å². The average Bonchev–Trinajstić information content (AvgIpc) is 2.70. The molecular formula is C10H17N3O4S2. The Hall–Kier alpha value is -0.740. The second-order valence-corrected chi connectivity index (χ2v) is 7.46. The number of likely N-dealkylation sites (N-methyl/N-ethyl adjacent to an activating group) is 1. The number of aryl methyl sites for hydroxylation is 1.